The zero-order valence-corrected chi connectivity index (χ0v) is 19.3. The fraction of sp³-hybridized carbons (Fsp3) is 0.333. The van der Waals surface area contributed by atoms with Crippen LogP contribution < -0.4 is 15.4 Å². The lowest BCUT2D eigenvalue weighted by Crippen LogP contribution is -2.44. The second kappa shape index (κ2) is 10.3. The number of aromatic nitrogens is 5. The first kappa shape index (κ1) is 23.1. The Hall–Kier alpha value is -3.70. The number of anilines is 1. The van der Waals surface area contributed by atoms with Crippen LogP contribution in [0.3, 0.4) is 0 Å². The molecule has 1 saturated heterocycles. The third kappa shape index (κ3) is 5.36. The van der Waals surface area contributed by atoms with E-state index in [9.17, 15) is 8.78 Å². The molecular formula is C24H26F2N8O. The lowest BCUT2D eigenvalue weighted by molar-refractivity contribution is 0.185. The highest BCUT2D eigenvalue weighted by molar-refractivity contribution is 5.75. The zero-order chi connectivity index (χ0) is 24.2. The third-order valence-corrected chi connectivity index (χ3v) is 5.90. The molecule has 0 bridgehead atoms. The number of nitrogens with one attached hydrogen (secondary N) is 2. The monoisotopic (exact) mass is 480 g/mol. The number of benzene rings is 1. The minimum Gasteiger partial charge on any atom is -0.462 e. The van der Waals surface area contributed by atoms with Crippen LogP contribution in [0.1, 0.15) is 18.5 Å². The van der Waals surface area contributed by atoms with E-state index in [1.54, 1.807) is 42.2 Å². The molecule has 0 saturated carbocycles. The predicted molar refractivity (Wildman–Crippen MR) is 127 cm³/mol. The first-order valence-electron chi connectivity index (χ1n) is 11.5. The predicted octanol–water partition coefficient (Wildman–Crippen LogP) is 2.92. The van der Waals surface area contributed by atoms with E-state index in [0.29, 0.717) is 34.9 Å². The molecule has 0 radical (unpaired) electrons. The van der Waals surface area contributed by atoms with E-state index < -0.39 is 17.7 Å². The van der Waals surface area contributed by atoms with Gasteiger partial charge in [0.1, 0.15) is 24.1 Å². The van der Waals surface area contributed by atoms with Gasteiger partial charge in [-0.1, -0.05) is 6.07 Å². The van der Waals surface area contributed by atoms with Crippen LogP contribution in [0.25, 0.3) is 16.9 Å². The second-order valence-electron chi connectivity index (χ2n) is 8.34. The largest absolute Gasteiger partial charge is 0.462 e. The molecule has 4 aromatic rings. The van der Waals surface area contributed by atoms with Crippen molar-refractivity contribution in [1.29, 1.82) is 0 Å². The van der Waals surface area contributed by atoms with Crippen molar-refractivity contribution < 1.29 is 13.5 Å². The van der Waals surface area contributed by atoms with Gasteiger partial charge in [-0.15, -0.1) is 0 Å². The number of halogens is 2. The van der Waals surface area contributed by atoms with Crippen molar-refractivity contribution in [2.75, 3.05) is 44.6 Å². The molecule has 35 heavy (non-hydrogen) atoms. The lowest BCUT2D eigenvalue weighted by atomic mass is 10.1. The van der Waals surface area contributed by atoms with Crippen LogP contribution in [-0.4, -0.2) is 68.8 Å². The van der Waals surface area contributed by atoms with Crippen LogP contribution in [0.4, 0.5) is 14.6 Å². The van der Waals surface area contributed by atoms with Crippen molar-refractivity contribution >= 4 is 11.5 Å². The van der Waals surface area contributed by atoms with E-state index in [-0.39, 0.29) is 6.01 Å². The van der Waals surface area contributed by atoms with E-state index in [4.69, 9.17) is 4.74 Å². The van der Waals surface area contributed by atoms with Gasteiger partial charge in [0.15, 0.2) is 5.65 Å². The van der Waals surface area contributed by atoms with Crippen molar-refractivity contribution in [2.45, 2.75) is 13.0 Å². The van der Waals surface area contributed by atoms with Crippen molar-refractivity contribution in [1.82, 2.24) is 34.8 Å². The summed E-state index contributed by atoms with van der Waals surface area (Å²) < 4.78 is 35.3. The lowest BCUT2D eigenvalue weighted by Gasteiger charge is -2.26. The summed E-state index contributed by atoms with van der Waals surface area (Å²) in [6.07, 6.45) is 5.17. The highest BCUT2D eigenvalue weighted by Crippen LogP contribution is 2.28. The molecule has 1 atom stereocenters. The van der Waals surface area contributed by atoms with Gasteiger partial charge < -0.3 is 15.4 Å². The maximum absolute atomic E-state index is 14.3. The Morgan fingerprint density at radius 2 is 2.03 bits per heavy atom. The standard InChI is InChI=1S/C24H26F2N8O/c1-16(18-4-3-17(25)13-20(18)26)30-22-14-21(19-15-29-34-8-2-5-28-23(19)34)31-24(32-22)35-12-11-33-9-6-27-7-10-33/h2-5,8,13-16,27H,6-7,9-12H2,1H3,(H,30,31,32)/t16-/m0/s1. The first-order valence-corrected chi connectivity index (χ1v) is 11.5. The summed E-state index contributed by atoms with van der Waals surface area (Å²) >= 11 is 0. The van der Waals surface area contributed by atoms with Crippen LogP contribution in [0.5, 0.6) is 6.01 Å². The van der Waals surface area contributed by atoms with E-state index in [0.717, 1.165) is 38.8 Å². The molecule has 2 N–H and O–H groups in total. The molecule has 1 aliphatic heterocycles. The Morgan fingerprint density at radius 3 is 2.86 bits per heavy atom. The van der Waals surface area contributed by atoms with E-state index in [1.807, 2.05) is 0 Å². The van der Waals surface area contributed by atoms with Crippen LogP contribution in [0.15, 0.2) is 48.9 Å². The van der Waals surface area contributed by atoms with Crippen LogP contribution in [-0.2, 0) is 0 Å². The Kier molecular flexibility index (Phi) is 6.77. The van der Waals surface area contributed by atoms with E-state index in [2.05, 4.69) is 35.6 Å². The topological polar surface area (TPSA) is 92.5 Å². The van der Waals surface area contributed by atoms with Crippen molar-refractivity contribution in [3.05, 3.63) is 66.1 Å². The van der Waals surface area contributed by atoms with Crippen LogP contribution in [0, 0.1) is 11.6 Å². The van der Waals surface area contributed by atoms with Gasteiger partial charge in [0.05, 0.1) is 23.5 Å². The highest BCUT2D eigenvalue weighted by atomic mass is 19.1. The molecule has 5 rings (SSSR count). The molecule has 11 heteroatoms. The summed E-state index contributed by atoms with van der Waals surface area (Å²) in [6, 6.07) is 6.78. The van der Waals surface area contributed by atoms with Crippen LogP contribution in [0.2, 0.25) is 0 Å². The molecule has 1 aromatic carbocycles. The average molecular weight is 481 g/mol. The quantitative estimate of drug-likeness (QED) is 0.398. The smallest absolute Gasteiger partial charge is 0.318 e. The SMILES string of the molecule is C[C@H](Nc1cc(-c2cnn3cccnc23)nc(OCCN2CCNCC2)n1)c1ccc(F)cc1F. The maximum atomic E-state index is 14.3. The normalized spacial score (nSPS) is 15.3. The summed E-state index contributed by atoms with van der Waals surface area (Å²) in [7, 11) is 0. The summed E-state index contributed by atoms with van der Waals surface area (Å²) in [5.74, 6) is -0.805. The number of piperazine rings is 1. The first-order chi connectivity index (χ1) is 17.1. The number of hydrogen-bond acceptors (Lipinski definition) is 8. The summed E-state index contributed by atoms with van der Waals surface area (Å²) in [5, 5.41) is 10.9. The highest BCUT2D eigenvalue weighted by Gasteiger charge is 2.17. The average Bonchev–Trinajstić information content (AvgIpc) is 3.29. The minimum absolute atomic E-state index is 0.196. The molecule has 1 fully saturated rings. The molecule has 0 aliphatic carbocycles. The number of fused-ring (bicyclic) bond motifs is 1. The second-order valence-corrected chi connectivity index (χ2v) is 8.34. The maximum Gasteiger partial charge on any atom is 0.318 e. The molecule has 4 heterocycles. The number of rotatable bonds is 8. The Labute approximate surface area is 201 Å². The van der Waals surface area contributed by atoms with Crippen LogP contribution >= 0.6 is 0 Å². The molecule has 1 aliphatic rings. The molecule has 3 aromatic heterocycles. The zero-order valence-electron chi connectivity index (χ0n) is 19.3. The molecule has 9 nitrogen and oxygen atoms in total. The van der Waals surface area contributed by atoms with Gasteiger partial charge in [-0.25, -0.2) is 18.3 Å². The van der Waals surface area contributed by atoms with Crippen molar-refractivity contribution in [2.24, 2.45) is 0 Å². The summed E-state index contributed by atoms with van der Waals surface area (Å²) in [4.78, 5) is 15.8. The fourth-order valence-corrected chi connectivity index (χ4v) is 4.06. The van der Waals surface area contributed by atoms with Gasteiger partial charge in [0.2, 0.25) is 0 Å². The molecular weight excluding hydrogens is 454 g/mol. The van der Waals surface area contributed by atoms with Gasteiger partial charge in [0.25, 0.3) is 0 Å². The Bertz CT molecular complexity index is 1310. The molecule has 0 amide bonds. The molecule has 0 unspecified atom stereocenters. The van der Waals surface area contributed by atoms with Gasteiger partial charge in [-0.05, 0) is 19.1 Å². The minimum atomic E-state index is -0.626. The molecule has 0 spiro atoms. The van der Waals surface area contributed by atoms with E-state index in [1.165, 1.54) is 12.1 Å². The summed E-state index contributed by atoms with van der Waals surface area (Å²) in [6.45, 7) is 6.81. The molecule has 182 valence electrons. The van der Waals surface area contributed by atoms with Gasteiger partial charge in [-0.2, -0.15) is 15.1 Å². The summed E-state index contributed by atoms with van der Waals surface area (Å²) in [5.41, 5.74) is 2.25. The Balaban J connectivity index is 1.42. The van der Waals surface area contributed by atoms with Gasteiger partial charge in [0, 0.05) is 62.8 Å². The Morgan fingerprint density at radius 1 is 1.17 bits per heavy atom. The van der Waals surface area contributed by atoms with Crippen molar-refractivity contribution in [3.63, 3.8) is 0 Å². The van der Waals surface area contributed by atoms with Gasteiger partial charge >= 0.3 is 6.01 Å². The third-order valence-electron chi connectivity index (χ3n) is 5.90. The number of hydrogen-bond donors (Lipinski definition) is 2. The van der Waals surface area contributed by atoms with Crippen molar-refractivity contribution in [3.8, 4) is 17.3 Å². The van der Waals surface area contributed by atoms with Gasteiger partial charge in [-0.3, -0.25) is 4.90 Å². The number of nitrogens with zero attached hydrogens (tertiary/aromatic N) is 6. The number of ether oxygens (including phenoxy) is 1. The fourth-order valence-electron chi connectivity index (χ4n) is 4.06. The van der Waals surface area contributed by atoms with E-state index >= 15 is 0 Å².